The van der Waals surface area contributed by atoms with Gasteiger partial charge in [0, 0.05) is 18.1 Å². The molecule has 3 heteroatoms. The topological polar surface area (TPSA) is 22.1 Å². The largest absolute Gasteiger partial charge is 0.478 e. The number of aromatic nitrogens is 1. The van der Waals surface area contributed by atoms with Gasteiger partial charge in [0.1, 0.15) is 0 Å². The van der Waals surface area contributed by atoms with Crippen LogP contribution < -0.4 is 4.74 Å². The first-order valence-electron chi connectivity index (χ1n) is 5.52. The molecule has 1 aliphatic rings. The lowest BCUT2D eigenvalue weighted by atomic mass is 9.83. The Kier molecular flexibility index (Phi) is 3.84. The predicted molar refractivity (Wildman–Crippen MR) is 61.2 cm³/mol. The summed E-state index contributed by atoms with van der Waals surface area (Å²) in [6.45, 7) is 0.790. The number of alkyl halides is 1. The van der Waals surface area contributed by atoms with Gasteiger partial charge in [-0.25, -0.2) is 4.98 Å². The molecule has 1 fully saturated rings. The Morgan fingerprint density at radius 2 is 2.27 bits per heavy atom. The summed E-state index contributed by atoms with van der Waals surface area (Å²) in [6, 6.07) is 3.84. The van der Waals surface area contributed by atoms with E-state index in [1.54, 1.807) is 6.20 Å². The first kappa shape index (κ1) is 10.7. The van der Waals surface area contributed by atoms with E-state index in [4.69, 9.17) is 16.3 Å². The molecule has 0 atom stereocenters. The van der Waals surface area contributed by atoms with Gasteiger partial charge in [0.2, 0.25) is 5.88 Å². The second-order valence-corrected chi connectivity index (χ2v) is 4.34. The van der Waals surface area contributed by atoms with E-state index in [9.17, 15) is 0 Å². The third-order valence-corrected chi connectivity index (χ3v) is 3.26. The molecule has 0 N–H and O–H groups in total. The summed E-state index contributed by atoms with van der Waals surface area (Å²) in [7, 11) is 0. The summed E-state index contributed by atoms with van der Waals surface area (Å²) in [4.78, 5) is 4.18. The number of hydrogen-bond acceptors (Lipinski definition) is 2. The maximum absolute atomic E-state index is 5.67. The molecule has 0 amide bonds. The van der Waals surface area contributed by atoms with Crippen molar-refractivity contribution in [2.75, 3.05) is 6.61 Å². The first-order valence-corrected chi connectivity index (χ1v) is 6.05. The van der Waals surface area contributed by atoms with Crippen LogP contribution in [0.1, 0.15) is 31.2 Å². The minimum atomic E-state index is 0.509. The minimum Gasteiger partial charge on any atom is -0.478 e. The molecule has 1 heterocycles. The van der Waals surface area contributed by atoms with Crippen LogP contribution in [0.2, 0.25) is 0 Å². The van der Waals surface area contributed by atoms with Gasteiger partial charge in [-0.05, 0) is 17.9 Å². The molecule has 1 aromatic rings. The number of nitrogens with zero attached hydrogens (tertiary/aromatic N) is 1. The highest BCUT2D eigenvalue weighted by atomic mass is 35.5. The number of hydrogen-bond donors (Lipinski definition) is 0. The Hall–Kier alpha value is -0.760. The molecule has 0 unspecified atom stereocenters. The van der Waals surface area contributed by atoms with Gasteiger partial charge in [0.15, 0.2) is 0 Å². The Morgan fingerprint density at radius 3 is 2.80 bits per heavy atom. The van der Waals surface area contributed by atoms with Gasteiger partial charge in [-0.3, -0.25) is 0 Å². The van der Waals surface area contributed by atoms with Crippen LogP contribution in [-0.4, -0.2) is 11.6 Å². The van der Waals surface area contributed by atoms with Crippen LogP contribution in [0.4, 0.5) is 0 Å². The second kappa shape index (κ2) is 5.36. The zero-order valence-corrected chi connectivity index (χ0v) is 9.54. The van der Waals surface area contributed by atoms with Crippen molar-refractivity contribution in [3.8, 4) is 5.88 Å². The molecule has 0 spiro atoms. The van der Waals surface area contributed by atoms with E-state index in [2.05, 4.69) is 4.98 Å². The molecule has 82 valence electrons. The molecule has 0 aliphatic heterocycles. The van der Waals surface area contributed by atoms with Crippen LogP contribution in [-0.2, 0) is 5.88 Å². The van der Waals surface area contributed by atoms with Gasteiger partial charge >= 0.3 is 0 Å². The number of halogens is 1. The van der Waals surface area contributed by atoms with Crippen molar-refractivity contribution in [3.63, 3.8) is 0 Å². The van der Waals surface area contributed by atoms with E-state index in [0.29, 0.717) is 11.8 Å². The summed E-state index contributed by atoms with van der Waals surface area (Å²) in [6.07, 6.45) is 7.09. The fraction of sp³-hybridized carbons (Fsp3) is 0.583. The van der Waals surface area contributed by atoms with E-state index in [-0.39, 0.29) is 0 Å². The molecular weight excluding hydrogens is 210 g/mol. The van der Waals surface area contributed by atoms with E-state index >= 15 is 0 Å². The van der Waals surface area contributed by atoms with Gasteiger partial charge in [-0.1, -0.05) is 25.3 Å². The van der Waals surface area contributed by atoms with Crippen molar-refractivity contribution in [1.82, 2.24) is 4.98 Å². The average Bonchev–Trinajstić information content (AvgIpc) is 2.23. The van der Waals surface area contributed by atoms with Crippen molar-refractivity contribution < 1.29 is 4.74 Å². The second-order valence-electron chi connectivity index (χ2n) is 4.07. The van der Waals surface area contributed by atoms with Crippen LogP contribution in [0.15, 0.2) is 18.3 Å². The minimum absolute atomic E-state index is 0.509. The standard InChI is InChI=1S/C12H16ClNO/c13-8-11-4-5-12(14-9-11)15-7-6-10-2-1-3-10/h4-5,9-10H,1-3,6-8H2. The third kappa shape index (κ3) is 3.10. The highest BCUT2D eigenvalue weighted by Crippen LogP contribution is 2.29. The molecule has 2 rings (SSSR count). The molecule has 15 heavy (non-hydrogen) atoms. The highest BCUT2D eigenvalue weighted by molar-refractivity contribution is 6.17. The van der Waals surface area contributed by atoms with Crippen LogP contribution in [0.5, 0.6) is 5.88 Å². The molecule has 0 radical (unpaired) electrons. The van der Waals surface area contributed by atoms with E-state index in [1.165, 1.54) is 25.7 Å². The molecule has 2 nitrogen and oxygen atoms in total. The summed E-state index contributed by atoms with van der Waals surface area (Å²) >= 11 is 5.67. The number of rotatable bonds is 5. The summed E-state index contributed by atoms with van der Waals surface area (Å²) in [5.41, 5.74) is 1.03. The summed E-state index contributed by atoms with van der Waals surface area (Å²) in [5, 5.41) is 0. The fourth-order valence-electron chi connectivity index (χ4n) is 1.69. The molecule has 0 aromatic carbocycles. The molecule has 0 bridgehead atoms. The van der Waals surface area contributed by atoms with E-state index in [0.717, 1.165) is 18.1 Å². The van der Waals surface area contributed by atoms with Gasteiger partial charge < -0.3 is 4.74 Å². The monoisotopic (exact) mass is 225 g/mol. The van der Waals surface area contributed by atoms with E-state index < -0.39 is 0 Å². The van der Waals surface area contributed by atoms with Crippen LogP contribution >= 0.6 is 11.6 Å². The molecule has 1 aliphatic carbocycles. The average molecular weight is 226 g/mol. The Balaban J connectivity index is 1.72. The molecule has 1 aromatic heterocycles. The maximum atomic E-state index is 5.67. The van der Waals surface area contributed by atoms with Gasteiger partial charge in [0.25, 0.3) is 0 Å². The van der Waals surface area contributed by atoms with Gasteiger partial charge in [0.05, 0.1) is 6.61 Å². The third-order valence-electron chi connectivity index (χ3n) is 2.95. The van der Waals surface area contributed by atoms with Crippen LogP contribution in [0.25, 0.3) is 0 Å². The zero-order valence-electron chi connectivity index (χ0n) is 8.79. The highest BCUT2D eigenvalue weighted by Gasteiger charge is 2.16. The van der Waals surface area contributed by atoms with Crippen molar-refractivity contribution in [2.45, 2.75) is 31.6 Å². The lowest BCUT2D eigenvalue weighted by Gasteiger charge is -2.24. The summed E-state index contributed by atoms with van der Waals surface area (Å²) in [5.74, 6) is 2.12. The molecule has 1 saturated carbocycles. The van der Waals surface area contributed by atoms with Gasteiger partial charge in [-0.2, -0.15) is 0 Å². The van der Waals surface area contributed by atoms with Crippen LogP contribution in [0.3, 0.4) is 0 Å². The maximum Gasteiger partial charge on any atom is 0.213 e. The first-order chi connectivity index (χ1) is 7.38. The summed E-state index contributed by atoms with van der Waals surface area (Å²) < 4.78 is 5.56. The Morgan fingerprint density at radius 1 is 1.40 bits per heavy atom. The normalized spacial score (nSPS) is 16.1. The van der Waals surface area contributed by atoms with Gasteiger partial charge in [-0.15, -0.1) is 11.6 Å². The lowest BCUT2D eigenvalue weighted by molar-refractivity contribution is 0.217. The van der Waals surface area contributed by atoms with E-state index in [1.807, 2.05) is 12.1 Å². The fourth-order valence-corrected chi connectivity index (χ4v) is 1.85. The molecule has 0 saturated heterocycles. The Labute approximate surface area is 95.6 Å². The number of pyridine rings is 1. The SMILES string of the molecule is ClCc1ccc(OCCC2CCC2)nc1. The molecular formula is C12H16ClNO. The quantitative estimate of drug-likeness (QED) is 0.717. The van der Waals surface area contributed by atoms with Crippen molar-refractivity contribution in [1.29, 1.82) is 0 Å². The smallest absolute Gasteiger partial charge is 0.213 e. The number of ether oxygens (including phenoxy) is 1. The van der Waals surface area contributed by atoms with Crippen LogP contribution in [0, 0.1) is 5.92 Å². The zero-order chi connectivity index (χ0) is 10.5. The predicted octanol–water partition coefficient (Wildman–Crippen LogP) is 3.39. The van der Waals surface area contributed by atoms with Crippen molar-refractivity contribution in [2.24, 2.45) is 5.92 Å². The van der Waals surface area contributed by atoms with Crippen molar-refractivity contribution >= 4 is 11.6 Å². The Bertz CT molecular complexity index is 295. The van der Waals surface area contributed by atoms with Crippen molar-refractivity contribution in [3.05, 3.63) is 23.9 Å². The lowest BCUT2D eigenvalue weighted by Crippen LogP contribution is -2.14.